The van der Waals surface area contributed by atoms with Crippen LogP contribution >= 0.6 is 0 Å². The first-order valence-electron chi connectivity index (χ1n) is 8.86. The molecule has 0 saturated heterocycles. The van der Waals surface area contributed by atoms with Gasteiger partial charge in [-0.05, 0) is 19.0 Å². The molecular weight excluding hydrogens is 434 g/mol. The van der Waals surface area contributed by atoms with Crippen LogP contribution in [0.15, 0.2) is 16.2 Å². The number of rotatable bonds is 6. The van der Waals surface area contributed by atoms with Crippen LogP contribution in [0.2, 0.25) is 0 Å². The van der Waals surface area contributed by atoms with Crippen molar-refractivity contribution in [1.82, 2.24) is 24.5 Å². The summed E-state index contributed by atoms with van der Waals surface area (Å²) in [7, 11) is -0.277. The Morgan fingerprint density at radius 3 is 2.48 bits per heavy atom. The van der Waals surface area contributed by atoms with E-state index in [-0.39, 0.29) is 46.9 Å². The third-order valence-corrected chi connectivity index (χ3v) is 5.39. The van der Waals surface area contributed by atoms with Crippen molar-refractivity contribution in [2.75, 3.05) is 26.1 Å². The summed E-state index contributed by atoms with van der Waals surface area (Å²) in [6, 6.07) is 0.273. The molecule has 0 aliphatic carbocycles. The Labute approximate surface area is 177 Å². The molecule has 0 bridgehead atoms. The zero-order chi connectivity index (χ0) is 22.8. The SMILES string of the molecule is COc1cc(OC)nc(NC(=O)NS(=O)(=O)c2c(C3=NOCC(C)O3)c(C)nn2C)n1. The zero-order valence-corrected chi connectivity index (χ0v) is 18.2. The monoisotopic (exact) mass is 455 g/mol. The van der Waals surface area contributed by atoms with Crippen LogP contribution in [-0.4, -0.2) is 67.0 Å². The standard InChI is InChI=1S/C16H21N7O7S/c1-8-7-29-21-13(30-8)12-9(2)20-23(3)14(12)31(25,26)22-16(24)19-15-17-10(27-4)6-11(18-15)28-5/h6,8H,7H2,1-5H3,(H2,17,18,19,22,24). The Bertz CT molecular complexity index is 1110. The predicted octanol–water partition coefficient (Wildman–Crippen LogP) is 0.143. The summed E-state index contributed by atoms with van der Waals surface area (Å²) >= 11 is 0. The summed E-state index contributed by atoms with van der Waals surface area (Å²) in [5.41, 5.74) is 0.397. The number of urea groups is 1. The highest BCUT2D eigenvalue weighted by Crippen LogP contribution is 2.23. The summed E-state index contributed by atoms with van der Waals surface area (Å²) in [6.07, 6.45) is -0.348. The summed E-state index contributed by atoms with van der Waals surface area (Å²) in [4.78, 5) is 25.3. The number of nitrogens with zero attached hydrogens (tertiary/aromatic N) is 5. The molecule has 0 fully saturated rings. The quantitative estimate of drug-likeness (QED) is 0.611. The molecule has 1 aliphatic rings. The number of anilines is 1. The van der Waals surface area contributed by atoms with Crippen LogP contribution in [0.5, 0.6) is 11.8 Å². The lowest BCUT2D eigenvalue weighted by molar-refractivity contribution is 0.0193. The van der Waals surface area contributed by atoms with Crippen molar-refractivity contribution in [3.63, 3.8) is 0 Å². The molecule has 3 rings (SSSR count). The smallest absolute Gasteiger partial charge is 0.335 e. The topological polar surface area (TPSA) is 168 Å². The molecule has 15 heteroatoms. The molecule has 0 aromatic carbocycles. The van der Waals surface area contributed by atoms with Crippen LogP contribution in [0.3, 0.4) is 0 Å². The molecule has 2 amide bonds. The minimum Gasteiger partial charge on any atom is -0.481 e. The summed E-state index contributed by atoms with van der Waals surface area (Å²) < 4.78 is 44.5. The van der Waals surface area contributed by atoms with Gasteiger partial charge in [-0.25, -0.2) is 9.52 Å². The molecule has 2 aromatic rings. The summed E-state index contributed by atoms with van der Waals surface area (Å²) in [6.45, 7) is 3.54. The van der Waals surface area contributed by atoms with E-state index in [0.29, 0.717) is 5.69 Å². The van der Waals surface area contributed by atoms with E-state index in [0.717, 1.165) is 4.68 Å². The number of carbonyl (C=O) groups is 1. The number of aromatic nitrogens is 4. The molecule has 3 heterocycles. The van der Waals surface area contributed by atoms with E-state index in [1.165, 1.54) is 27.3 Å². The second-order valence-electron chi connectivity index (χ2n) is 6.35. The molecule has 0 radical (unpaired) electrons. The maximum absolute atomic E-state index is 13.0. The normalized spacial score (nSPS) is 15.9. The Kier molecular flexibility index (Phi) is 6.14. The van der Waals surface area contributed by atoms with Gasteiger partial charge in [-0.3, -0.25) is 10.00 Å². The van der Waals surface area contributed by atoms with Crippen molar-refractivity contribution in [1.29, 1.82) is 0 Å². The van der Waals surface area contributed by atoms with Gasteiger partial charge < -0.3 is 19.0 Å². The van der Waals surface area contributed by atoms with Crippen LogP contribution in [0, 0.1) is 6.92 Å². The van der Waals surface area contributed by atoms with Crippen molar-refractivity contribution in [2.24, 2.45) is 12.2 Å². The van der Waals surface area contributed by atoms with Crippen LogP contribution in [0.25, 0.3) is 0 Å². The number of hydrogen-bond donors (Lipinski definition) is 2. The number of hydrogen-bond acceptors (Lipinski definition) is 11. The van der Waals surface area contributed by atoms with Crippen LogP contribution < -0.4 is 19.5 Å². The molecule has 2 aromatic heterocycles. The third kappa shape index (κ3) is 4.76. The van der Waals surface area contributed by atoms with Gasteiger partial charge in [0.1, 0.15) is 11.7 Å². The van der Waals surface area contributed by atoms with E-state index >= 15 is 0 Å². The molecular formula is C16H21N7O7S. The fourth-order valence-electron chi connectivity index (χ4n) is 2.71. The van der Waals surface area contributed by atoms with Crippen LogP contribution in [0.4, 0.5) is 10.7 Å². The van der Waals surface area contributed by atoms with Gasteiger partial charge in [0, 0.05) is 7.05 Å². The van der Waals surface area contributed by atoms with Crippen molar-refractivity contribution < 1.29 is 32.3 Å². The van der Waals surface area contributed by atoms with E-state index in [9.17, 15) is 13.2 Å². The number of ether oxygens (including phenoxy) is 3. The number of amides is 2. The Hall–Kier alpha value is -3.62. The molecule has 14 nitrogen and oxygen atoms in total. The summed E-state index contributed by atoms with van der Waals surface area (Å²) in [5.74, 6) is -0.0641. The lowest BCUT2D eigenvalue weighted by Gasteiger charge is -2.20. The van der Waals surface area contributed by atoms with Crippen LogP contribution in [-0.2, 0) is 26.6 Å². The van der Waals surface area contributed by atoms with Gasteiger partial charge in [0.15, 0.2) is 11.6 Å². The molecule has 1 aliphatic heterocycles. The first kappa shape index (κ1) is 22.1. The van der Waals surface area contributed by atoms with Gasteiger partial charge in [-0.2, -0.15) is 23.5 Å². The lowest BCUT2D eigenvalue weighted by Crippen LogP contribution is -2.37. The minimum absolute atomic E-state index is 0.0500. The maximum atomic E-state index is 13.0. The third-order valence-electron chi connectivity index (χ3n) is 3.96. The number of aryl methyl sites for hydroxylation is 2. The maximum Gasteiger partial charge on any atom is 0.335 e. The fraction of sp³-hybridized carbons (Fsp3) is 0.438. The molecule has 2 N–H and O–H groups in total. The van der Waals surface area contributed by atoms with Crippen molar-refractivity contribution in [2.45, 2.75) is 25.0 Å². The van der Waals surface area contributed by atoms with Gasteiger partial charge >= 0.3 is 6.03 Å². The predicted molar refractivity (Wildman–Crippen MR) is 105 cm³/mol. The minimum atomic E-state index is -4.41. The molecule has 1 atom stereocenters. The largest absolute Gasteiger partial charge is 0.481 e. The molecule has 0 saturated carbocycles. The van der Waals surface area contributed by atoms with Gasteiger partial charge in [-0.15, -0.1) is 0 Å². The molecule has 168 valence electrons. The molecule has 0 spiro atoms. The number of carbonyl (C=O) groups excluding carboxylic acids is 1. The Balaban J connectivity index is 1.88. The van der Waals surface area contributed by atoms with E-state index in [2.05, 4.69) is 25.5 Å². The highest BCUT2D eigenvalue weighted by molar-refractivity contribution is 7.90. The van der Waals surface area contributed by atoms with Crippen molar-refractivity contribution in [3.8, 4) is 11.8 Å². The molecule has 1 unspecified atom stereocenters. The Morgan fingerprint density at radius 1 is 1.26 bits per heavy atom. The summed E-state index contributed by atoms with van der Waals surface area (Å²) in [5, 5.41) is 9.78. The average Bonchev–Trinajstić information content (AvgIpc) is 3.01. The second-order valence-corrected chi connectivity index (χ2v) is 7.94. The van der Waals surface area contributed by atoms with Gasteiger partial charge in [-0.1, -0.05) is 0 Å². The number of methoxy groups -OCH3 is 2. The molecule has 31 heavy (non-hydrogen) atoms. The fourth-order valence-corrected chi connectivity index (χ4v) is 3.99. The van der Waals surface area contributed by atoms with Crippen molar-refractivity contribution >= 4 is 27.9 Å². The van der Waals surface area contributed by atoms with Crippen molar-refractivity contribution in [3.05, 3.63) is 17.3 Å². The first-order valence-corrected chi connectivity index (χ1v) is 10.3. The average molecular weight is 455 g/mol. The van der Waals surface area contributed by atoms with E-state index in [1.807, 2.05) is 4.72 Å². The lowest BCUT2D eigenvalue weighted by atomic mass is 10.2. The van der Waals surface area contributed by atoms with Gasteiger partial charge in [0.25, 0.3) is 15.9 Å². The number of nitrogens with one attached hydrogen (secondary N) is 2. The number of sulfonamides is 1. The van der Waals surface area contributed by atoms with E-state index in [1.54, 1.807) is 13.8 Å². The highest BCUT2D eigenvalue weighted by atomic mass is 32.2. The zero-order valence-electron chi connectivity index (χ0n) is 17.4. The van der Waals surface area contributed by atoms with E-state index in [4.69, 9.17) is 19.0 Å². The van der Waals surface area contributed by atoms with E-state index < -0.39 is 16.1 Å². The van der Waals surface area contributed by atoms with Gasteiger partial charge in [0.2, 0.25) is 17.7 Å². The van der Waals surface area contributed by atoms with Crippen LogP contribution in [0.1, 0.15) is 18.2 Å². The Morgan fingerprint density at radius 2 is 1.90 bits per heavy atom. The highest BCUT2D eigenvalue weighted by Gasteiger charge is 2.33. The van der Waals surface area contributed by atoms with Gasteiger partial charge in [0.05, 0.1) is 26.0 Å². The second kappa shape index (κ2) is 8.63. The first-order chi connectivity index (χ1) is 14.6. The number of oxime groups is 1.